The van der Waals surface area contributed by atoms with Crippen LogP contribution in [0, 0.1) is 0 Å². The summed E-state index contributed by atoms with van der Waals surface area (Å²) in [6, 6.07) is 13.5. The third-order valence-corrected chi connectivity index (χ3v) is 6.05. The Morgan fingerprint density at radius 2 is 1.90 bits per heavy atom. The first-order valence-corrected chi connectivity index (χ1v) is 10.3. The summed E-state index contributed by atoms with van der Waals surface area (Å²) in [7, 11) is 1.54. The van der Waals surface area contributed by atoms with Crippen LogP contribution < -0.4 is 10.9 Å². The van der Waals surface area contributed by atoms with Gasteiger partial charge in [0.1, 0.15) is 0 Å². The lowest BCUT2D eigenvalue weighted by Gasteiger charge is -2.07. The van der Waals surface area contributed by atoms with Crippen molar-refractivity contribution in [3.8, 4) is 11.3 Å². The number of rotatable bonds is 3. The van der Waals surface area contributed by atoms with Gasteiger partial charge in [0, 0.05) is 23.4 Å². The maximum absolute atomic E-state index is 12.9. The molecular formula is C22H18N4O2S. The molecule has 4 aromatic rings. The number of carbonyl (C=O) groups excluding carboxylic acids is 1. The Morgan fingerprint density at radius 3 is 2.76 bits per heavy atom. The quantitative estimate of drug-likeness (QED) is 0.566. The van der Waals surface area contributed by atoms with Gasteiger partial charge >= 0.3 is 0 Å². The molecule has 0 bridgehead atoms. The largest absolute Gasteiger partial charge is 0.296 e. The number of thiazole rings is 1. The molecule has 2 aromatic heterocycles. The van der Waals surface area contributed by atoms with E-state index < -0.39 is 0 Å². The number of benzene rings is 2. The highest BCUT2D eigenvalue weighted by atomic mass is 32.1. The molecule has 144 valence electrons. The number of nitrogens with one attached hydrogen (secondary N) is 1. The third-order valence-electron chi connectivity index (χ3n) is 5.29. The number of hydrogen-bond acceptors (Lipinski definition) is 5. The molecule has 0 fully saturated rings. The number of hydrogen-bond donors (Lipinski definition) is 1. The molecule has 2 heterocycles. The summed E-state index contributed by atoms with van der Waals surface area (Å²) < 4.78 is 1.19. The van der Waals surface area contributed by atoms with E-state index in [2.05, 4.69) is 33.6 Å². The average molecular weight is 402 g/mol. The van der Waals surface area contributed by atoms with Crippen molar-refractivity contribution >= 4 is 33.1 Å². The van der Waals surface area contributed by atoms with Crippen molar-refractivity contribution in [2.24, 2.45) is 7.05 Å². The lowest BCUT2D eigenvalue weighted by atomic mass is 10.1. The van der Waals surface area contributed by atoms with E-state index in [1.165, 1.54) is 33.6 Å². The first kappa shape index (κ1) is 17.8. The van der Waals surface area contributed by atoms with Crippen molar-refractivity contribution < 1.29 is 4.79 Å². The molecule has 29 heavy (non-hydrogen) atoms. The fourth-order valence-corrected chi connectivity index (χ4v) is 4.53. The highest BCUT2D eigenvalue weighted by Crippen LogP contribution is 2.30. The van der Waals surface area contributed by atoms with Crippen molar-refractivity contribution in [2.75, 3.05) is 5.32 Å². The van der Waals surface area contributed by atoms with E-state index in [4.69, 9.17) is 0 Å². The third kappa shape index (κ3) is 3.13. The molecule has 2 aromatic carbocycles. The molecule has 0 radical (unpaired) electrons. The number of nitrogens with zero attached hydrogens (tertiary/aromatic N) is 3. The molecule has 6 nitrogen and oxygen atoms in total. The van der Waals surface area contributed by atoms with E-state index in [1.807, 2.05) is 5.38 Å². The van der Waals surface area contributed by atoms with Crippen LogP contribution in [0.5, 0.6) is 0 Å². The fourth-order valence-electron chi connectivity index (χ4n) is 3.82. The van der Waals surface area contributed by atoms with Gasteiger partial charge in [-0.15, -0.1) is 11.3 Å². The van der Waals surface area contributed by atoms with E-state index in [9.17, 15) is 9.59 Å². The Labute approximate surface area is 170 Å². The van der Waals surface area contributed by atoms with Gasteiger partial charge in [-0.05, 0) is 42.5 Å². The molecule has 0 unspecified atom stereocenters. The molecule has 0 saturated carbocycles. The predicted molar refractivity (Wildman–Crippen MR) is 115 cm³/mol. The molecule has 0 aliphatic heterocycles. The van der Waals surface area contributed by atoms with Gasteiger partial charge < -0.3 is 0 Å². The van der Waals surface area contributed by atoms with Crippen LogP contribution in [0.15, 0.2) is 52.6 Å². The molecule has 1 aliphatic rings. The lowest BCUT2D eigenvalue weighted by molar-refractivity contribution is 0.102. The van der Waals surface area contributed by atoms with Gasteiger partial charge in [0.15, 0.2) is 10.8 Å². The first-order valence-electron chi connectivity index (χ1n) is 9.45. The SMILES string of the molecule is Cn1nc(C(=O)Nc2nc(-c3ccc4c(c3)CCC4)cs2)c2ccccc2c1=O. The number of aryl methyl sites for hydroxylation is 3. The van der Waals surface area contributed by atoms with Gasteiger partial charge in [-0.2, -0.15) is 5.10 Å². The monoisotopic (exact) mass is 402 g/mol. The molecular weight excluding hydrogens is 384 g/mol. The van der Waals surface area contributed by atoms with Crippen molar-refractivity contribution in [1.29, 1.82) is 0 Å². The fraction of sp³-hybridized carbons (Fsp3) is 0.182. The normalized spacial score (nSPS) is 12.9. The molecule has 0 atom stereocenters. The van der Waals surface area contributed by atoms with Crippen LogP contribution in [0.25, 0.3) is 22.0 Å². The van der Waals surface area contributed by atoms with E-state index in [0.29, 0.717) is 15.9 Å². The standard InChI is InChI=1S/C22H18N4O2S/c1-26-21(28)17-8-3-2-7-16(17)19(25-26)20(27)24-22-23-18(12-29-22)15-10-9-13-5-4-6-14(13)11-15/h2-3,7-12H,4-6H2,1H3,(H,23,24,27). The second kappa shape index (κ2) is 6.93. The molecule has 1 N–H and O–H groups in total. The minimum absolute atomic E-state index is 0.206. The van der Waals surface area contributed by atoms with Crippen molar-refractivity contribution in [3.05, 3.63) is 75.0 Å². The summed E-state index contributed by atoms with van der Waals surface area (Å²) in [4.78, 5) is 29.7. The number of anilines is 1. The van der Waals surface area contributed by atoms with Gasteiger partial charge in [-0.3, -0.25) is 14.9 Å². The van der Waals surface area contributed by atoms with Crippen molar-refractivity contribution in [1.82, 2.24) is 14.8 Å². The molecule has 0 spiro atoms. The van der Waals surface area contributed by atoms with E-state index in [0.717, 1.165) is 24.1 Å². The molecule has 0 saturated heterocycles. The predicted octanol–water partition coefficient (Wildman–Crippen LogP) is 3.80. The summed E-state index contributed by atoms with van der Waals surface area (Å²) >= 11 is 1.37. The zero-order valence-corrected chi connectivity index (χ0v) is 16.6. The van der Waals surface area contributed by atoms with Crippen LogP contribution in [0.2, 0.25) is 0 Å². The van der Waals surface area contributed by atoms with Crippen LogP contribution in [-0.4, -0.2) is 20.7 Å². The summed E-state index contributed by atoms with van der Waals surface area (Å²) in [5.74, 6) is -0.383. The minimum Gasteiger partial charge on any atom is -0.296 e. The molecule has 1 amide bonds. The summed E-state index contributed by atoms with van der Waals surface area (Å²) in [6.45, 7) is 0. The first-order chi connectivity index (χ1) is 14.1. The van der Waals surface area contributed by atoms with E-state index >= 15 is 0 Å². The van der Waals surface area contributed by atoms with E-state index in [1.54, 1.807) is 31.3 Å². The van der Waals surface area contributed by atoms with Crippen LogP contribution in [0.1, 0.15) is 28.0 Å². The zero-order valence-electron chi connectivity index (χ0n) is 15.8. The van der Waals surface area contributed by atoms with Gasteiger partial charge in [0.25, 0.3) is 11.5 Å². The van der Waals surface area contributed by atoms with Gasteiger partial charge in [0.2, 0.25) is 0 Å². The highest BCUT2D eigenvalue weighted by Gasteiger charge is 2.18. The maximum Gasteiger partial charge on any atom is 0.278 e. The minimum atomic E-state index is -0.383. The summed E-state index contributed by atoms with van der Waals surface area (Å²) in [6.07, 6.45) is 3.47. The smallest absolute Gasteiger partial charge is 0.278 e. The average Bonchev–Trinajstić information content (AvgIpc) is 3.39. The number of aromatic nitrogens is 3. The highest BCUT2D eigenvalue weighted by molar-refractivity contribution is 7.14. The molecule has 7 heteroatoms. The van der Waals surface area contributed by atoms with Crippen molar-refractivity contribution in [2.45, 2.75) is 19.3 Å². The van der Waals surface area contributed by atoms with Crippen LogP contribution in [0.3, 0.4) is 0 Å². The summed E-state index contributed by atoms with van der Waals surface area (Å²) in [5.41, 5.74) is 4.70. The molecule has 1 aliphatic carbocycles. The number of amides is 1. The van der Waals surface area contributed by atoms with Gasteiger partial charge in [-0.25, -0.2) is 9.67 Å². The second-order valence-electron chi connectivity index (χ2n) is 7.15. The van der Waals surface area contributed by atoms with Crippen LogP contribution >= 0.6 is 11.3 Å². The molecule has 5 rings (SSSR count). The van der Waals surface area contributed by atoms with Crippen LogP contribution in [0.4, 0.5) is 5.13 Å². The Hall–Kier alpha value is -3.32. The van der Waals surface area contributed by atoms with Gasteiger partial charge in [0.05, 0.1) is 11.1 Å². The summed E-state index contributed by atoms with van der Waals surface area (Å²) in [5, 5.41) is 10.4. The maximum atomic E-state index is 12.9. The second-order valence-corrected chi connectivity index (χ2v) is 8.01. The Balaban J connectivity index is 1.45. The number of carbonyl (C=O) groups is 1. The van der Waals surface area contributed by atoms with E-state index in [-0.39, 0.29) is 17.2 Å². The number of fused-ring (bicyclic) bond motifs is 2. The Kier molecular flexibility index (Phi) is 4.24. The lowest BCUT2D eigenvalue weighted by Crippen LogP contribution is -2.25. The van der Waals surface area contributed by atoms with Crippen LogP contribution in [-0.2, 0) is 19.9 Å². The Morgan fingerprint density at radius 1 is 1.10 bits per heavy atom. The topological polar surface area (TPSA) is 76.9 Å². The van der Waals surface area contributed by atoms with Gasteiger partial charge in [-0.1, -0.05) is 30.3 Å². The Bertz CT molecular complexity index is 1320. The van der Waals surface area contributed by atoms with Crippen molar-refractivity contribution in [3.63, 3.8) is 0 Å². The zero-order chi connectivity index (χ0) is 20.0.